The number of hydrogen-bond donors (Lipinski definition) is 2. The number of carbonyl (C=O) groups is 1. The molecule has 0 spiro atoms. The number of rotatable bonds is 9. The number of benzene rings is 2. The highest BCUT2D eigenvalue weighted by Gasteiger charge is 2.26. The van der Waals surface area contributed by atoms with Gasteiger partial charge in [0.2, 0.25) is 15.9 Å². The number of amides is 1. The lowest BCUT2D eigenvalue weighted by Crippen LogP contribution is -2.47. The molecule has 8 heteroatoms. The zero-order valence-electron chi connectivity index (χ0n) is 16.7. The van der Waals surface area contributed by atoms with E-state index in [2.05, 4.69) is 10.0 Å². The topological polar surface area (TPSA) is 75.3 Å². The molecular weight excluding hydrogens is 398 g/mol. The Morgan fingerprint density at radius 2 is 1.62 bits per heavy atom. The van der Waals surface area contributed by atoms with Gasteiger partial charge in [-0.3, -0.25) is 4.79 Å². The Morgan fingerprint density at radius 1 is 1.03 bits per heavy atom. The van der Waals surface area contributed by atoms with Gasteiger partial charge in [-0.1, -0.05) is 37.6 Å². The van der Waals surface area contributed by atoms with E-state index in [9.17, 15) is 22.0 Å². The summed E-state index contributed by atoms with van der Waals surface area (Å²) in [6.07, 6.45) is 0.244. The predicted octanol–water partition coefficient (Wildman–Crippen LogP) is 3.33. The van der Waals surface area contributed by atoms with E-state index >= 15 is 0 Å². The van der Waals surface area contributed by atoms with E-state index in [-0.39, 0.29) is 35.8 Å². The second kappa shape index (κ2) is 9.93. The van der Waals surface area contributed by atoms with Crippen LogP contribution >= 0.6 is 0 Å². The number of sulfonamides is 1. The fraction of sp³-hybridized carbons (Fsp3) is 0.381. The molecule has 0 radical (unpaired) electrons. The molecule has 2 aromatic carbocycles. The normalized spacial score (nSPS) is 12.8. The van der Waals surface area contributed by atoms with Crippen LogP contribution in [0.3, 0.4) is 0 Å². The molecule has 0 saturated heterocycles. The van der Waals surface area contributed by atoms with Gasteiger partial charge in [0.05, 0.1) is 4.90 Å². The number of carbonyl (C=O) groups excluding carboxylic acids is 1. The summed E-state index contributed by atoms with van der Waals surface area (Å²) < 4.78 is 55.1. The molecule has 29 heavy (non-hydrogen) atoms. The number of halogens is 2. The lowest BCUT2D eigenvalue weighted by molar-refractivity contribution is -0.123. The molecule has 2 aromatic rings. The maximum atomic E-state index is 13.7. The van der Waals surface area contributed by atoms with E-state index in [0.29, 0.717) is 0 Å². The van der Waals surface area contributed by atoms with Gasteiger partial charge in [-0.15, -0.1) is 0 Å². The van der Waals surface area contributed by atoms with Crippen LogP contribution in [0.4, 0.5) is 8.78 Å². The van der Waals surface area contributed by atoms with E-state index in [0.717, 1.165) is 17.7 Å². The van der Waals surface area contributed by atoms with Crippen LogP contribution in [0.25, 0.3) is 0 Å². The van der Waals surface area contributed by atoms with Crippen molar-refractivity contribution in [2.45, 2.75) is 44.6 Å². The minimum atomic E-state index is -3.89. The van der Waals surface area contributed by atoms with Crippen LogP contribution in [0.5, 0.6) is 0 Å². The Morgan fingerprint density at radius 3 is 2.17 bits per heavy atom. The third kappa shape index (κ3) is 6.61. The number of hydrogen-bond acceptors (Lipinski definition) is 3. The highest BCUT2D eigenvalue weighted by atomic mass is 32.2. The van der Waals surface area contributed by atoms with Gasteiger partial charge in [0.25, 0.3) is 0 Å². The van der Waals surface area contributed by atoms with Crippen molar-refractivity contribution in [3.8, 4) is 0 Å². The molecule has 0 aliphatic heterocycles. The maximum Gasteiger partial charge on any atom is 0.241 e. The minimum absolute atomic E-state index is 0.0163. The molecule has 1 amide bonds. The summed E-state index contributed by atoms with van der Waals surface area (Å²) in [6, 6.07) is 8.88. The molecule has 1 atom stereocenters. The lowest BCUT2D eigenvalue weighted by atomic mass is 10.0. The second-order valence-electron chi connectivity index (χ2n) is 7.36. The lowest BCUT2D eigenvalue weighted by Gasteiger charge is -2.20. The summed E-state index contributed by atoms with van der Waals surface area (Å²) in [5.41, 5.74) is 0.800. The van der Waals surface area contributed by atoms with Gasteiger partial charge in [-0.25, -0.2) is 17.2 Å². The highest BCUT2D eigenvalue weighted by Crippen LogP contribution is 2.14. The molecule has 0 bridgehead atoms. The summed E-state index contributed by atoms with van der Waals surface area (Å²) in [4.78, 5) is 12.6. The Hall–Kier alpha value is -2.32. The molecule has 0 heterocycles. The zero-order valence-corrected chi connectivity index (χ0v) is 17.5. The first-order valence-electron chi connectivity index (χ1n) is 9.39. The fourth-order valence-electron chi connectivity index (χ4n) is 2.86. The first-order chi connectivity index (χ1) is 13.6. The van der Waals surface area contributed by atoms with Crippen molar-refractivity contribution in [2.24, 2.45) is 5.92 Å². The van der Waals surface area contributed by atoms with E-state index in [1.807, 2.05) is 20.8 Å². The molecule has 2 N–H and O–H groups in total. The van der Waals surface area contributed by atoms with Crippen molar-refractivity contribution in [2.75, 3.05) is 6.54 Å². The van der Waals surface area contributed by atoms with Crippen LogP contribution in [0.1, 0.15) is 31.4 Å². The van der Waals surface area contributed by atoms with Crippen LogP contribution in [0.15, 0.2) is 47.4 Å². The summed E-state index contributed by atoms with van der Waals surface area (Å²) in [5, 5.41) is 2.57. The van der Waals surface area contributed by atoms with E-state index in [1.54, 1.807) is 12.1 Å². The van der Waals surface area contributed by atoms with E-state index < -0.39 is 33.6 Å². The first-order valence-corrected chi connectivity index (χ1v) is 10.9. The van der Waals surface area contributed by atoms with Gasteiger partial charge in [-0.2, -0.15) is 4.72 Å². The molecular formula is C21H26F2N2O3S. The van der Waals surface area contributed by atoms with Gasteiger partial charge in [0, 0.05) is 12.1 Å². The van der Waals surface area contributed by atoms with E-state index in [4.69, 9.17) is 0 Å². The second-order valence-corrected chi connectivity index (χ2v) is 9.07. The third-order valence-corrected chi connectivity index (χ3v) is 5.88. The van der Waals surface area contributed by atoms with Crippen LogP contribution in [0, 0.1) is 24.5 Å². The molecule has 1 unspecified atom stereocenters. The van der Waals surface area contributed by atoms with Gasteiger partial charge >= 0.3 is 0 Å². The van der Waals surface area contributed by atoms with Crippen molar-refractivity contribution in [3.05, 3.63) is 65.2 Å². The maximum absolute atomic E-state index is 13.7. The molecule has 158 valence electrons. The standard InChI is InChI=1S/C21H26F2N2O3S/c1-14(2)13-20(25-29(27,28)16-9-7-15(3)8-10-16)21(26)24-12-11-17-18(22)5-4-6-19(17)23/h4-10,14,20,25H,11-13H2,1-3H3,(H,24,26). The van der Waals surface area contributed by atoms with Crippen molar-refractivity contribution < 1.29 is 22.0 Å². The first kappa shape index (κ1) is 23.0. The third-order valence-electron chi connectivity index (χ3n) is 4.39. The van der Waals surface area contributed by atoms with Crippen molar-refractivity contribution in [3.63, 3.8) is 0 Å². The van der Waals surface area contributed by atoms with Crippen LogP contribution in [0.2, 0.25) is 0 Å². The molecule has 0 saturated carbocycles. The SMILES string of the molecule is Cc1ccc(S(=O)(=O)NC(CC(C)C)C(=O)NCCc2c(F)cccc2F)cc1. The van der Waals surface area contributed by atoms with Crippen LogP contribution < -0.4 is 10.0 Å². The Bertz CT molecular complexity index is 925. The Kier molecular flexibility index (Phi) is 7.87. The fourth-order valence-corrected chi connectivity index (χ4v) is 4.07. The minimum Gasteiger partial charge on any atom is -0.354 e. The summed E-state index contributed by atoms with van der Waals surface area (Å²) in [7, 11) is -3.89. The zero-order chi connectivity index (χ0) is 21.6. The molecule has 0 aromatic heterocycles. The van der Waals surface area contributed by atoms with Crippen molar-refractivity contribution in [1.29, 1.82) is 0 Å². The Labute approximate surface area is 170 Å². The smallest absolute Gasteiger partial charge is 0.241 e. The highest BCUT2D eigenvalue weighted by molar-refractivity contribution is 7.89. The molecule has 5 nitrogen and oxygen atoms in total. The molecule has 0 aliphatic rings. The summed E-state index contributed by atoms with van der Waals surface area (Å²) in [5.74, 6) is -1.85. The van der Waals surface area contributed by atoms with E-state index in [1.165, 1.54) is 18.2 Å². The van der Waals surface area contributed by atoms with Crippen LogP contribution in [-0.4, -0.2) is 26.9 Å². The Balaban J connectivity index is 2.06. The van der Waals surface area contributed by atoms with Gasteiger partial charge in [-0.05, 0) is 49.9 Å². The van der Waals surface area contributed by atoms with Crippen LogP contribution in [-0.2, 0) is 21.2 Å². The number of aryl methyl sites for hydroxylation is 1. The molecule has 0 fully saturated rings. The average molecular weight is 425 g/mol. The van der Waals surface area contributed by atoms with Crippen molar-refractivity contribution >= 4 is 15.9 Å². The van der Waals surface area contributed by atoms with Crippen molar-refractivity contribution in [1.82, 2.24) is 10.0 Å². The summed E-state index contributed by atoms with van der Waals surface area (Å²) >= 11 is 0. The largest absolute Gasteiger partial charge is 0.354 e. The van der Waals surface area contributed by atoms with Gasteiger partial charge in [0.15, 0.2) is 0 Å². The van der Waals surface area contributed by atoms with Gasteiger partial charge < -0.3 is 5.32 Å². The molecule has 0 aliphatic carbocycles. The van der Waals surface area contributed by atoms with Gasteiger partial charge in [0.1, 0.15) is 17.7 Å². The predicted molar refractivity (Wildman–Crippen MR) is 108 cm³/mol. The number of nitrogens with one attached hydrogen (secondary N) is 2. The average Bonchev–Trinajstić information content (AvgIpc) is 2.63. The summed E-state index contributed by atoms with van der Waals surface area (Å²) in [6.45, 7) is 5.57. The quantitative estimate of drug-likeness (QED) is 0.648. The monoisotopic (exact) mass is 424 g/mol. The molecule has 2 rings (SSSR count).